The molecule has 0 bridgehead atoms. The summed E-state index contributed by atoms with van der Waals surface area (Å²) in [6.07, 6.45) is 1.05. The number of methoxy groups -OCH3 is 1. The number of aliphatic hydroxyl groups is 1. The molecule has 0 heterocycles. The molecular formula is C13H19NO5S. The molecule has 0 unspecified atom stereocenters. The minimum absolute atomic E-state index is 0.0455. The number of hydrogen-bond donors (Lipinski definition) is 2. The molecule has 0 spiro atoms. The van der Waals surface area contributed by atoms with Crippen molar-refractivity contribution in [2.45, 2.75) is 24.3 Å². The summed E-state index contributed by atoms with van der Waals surface area (Å²) in [5, 5.41) is 12.1. The van der Waals surface area contributed by atoms with E-state index in [0.717, 1.165) is 6.26 Å². The normalized spacial score (nSPS) is 12.1. The Morgan fingerprint density at radius 3 is 2.45 bits per heavy atom. The monoisotopic (exact) mass is 301 g/mol. The summed E-state index contributed by atoms with van der Waals surface area (Å²) in [5.74, 6) is -0.272. The lowest BCUT2D eigenvalue weighted by Gasteiger charge is -2.18. The molecule has 0 saturated carbocycles. The SMILES string of the molecule is COc1ccc(C(=O)NCC(C)(C)O)cc1S(C)(=O)=O. The van der Waals surface area contributed by atoms with Gasteiger partial charge >= 0.3 is 0 Å². The molecule has 0 saturated heterocycles. The van der Waals surface area contributed by atoms with E-state index in [1.807, 2.05) is 0 Å². The van der Waals surface area contributed by atoms with Gasteiger partial charge in [-0.2, -0.15) is 0 Å². The fourth-order valence-electron chi connectivity index (χ4n) is 1.51. The molecule has 7 heteroatoms. The standard InChI is InChI=1S/C13H19NO5S/c1-13(2,16)8-14-12(15)9-5-6-10(19-3)11(7-9)20(4,17)18/h5-7,16H,8H2,1-4H3,(H,14,15). The van der Waals surface area contributed by atoms with Crippen LogP contribution in [0.2, 0.25) is 0 Å². The fraction of sp³-hybridized carbons (Fsp3) is 0.462. The Balaban J connectivity index is 3.07. The van der Waals surface area contributed by atoms with E-state index in [0.29, 0.717) is 0 Å². The fourth-order valence-corrected chi connectivity index (χ4v) is 2.36. The van der Waals surface area contributed by atoms with Crippen LogP contribution in [0.15, 0.2) is 23.1 Å². The van der Waals surface area contributed by atoms with Gasteiger partial charge in [-0.05, 0) is 32.0 Å². The Morgan fingerprint density at radius 2 is 2.00 bits per heavy atom. The predicted molar refractivity (Wildman–Crippen MR) is 74.7 cm³/mol. The van der Waals surface area contributed by atoms with Gasteiger partial charge in [0.2, 0.25) is 0 Å². The van der Waals surface area contributed by atoms with Crippen LogP contribution in [0, 0.1) is 0 Å². The van der Waals surface area contributed by atoms with E-state index in [2.05, 4.69) is 5.32 Å². The molecule has 0 aliphatic heterocycles. The zero-order chi connectivity index (χ0) is 15.6. The molecule has 112 valence electrons. The average molecular weight is 301 g/mol. The van der Waals surface area contributed by atoms with E-state index in [9.17, 15) is 18.3 Å². The number of benzene rings is 1. The van der Waals surface area contributed by atoms with Gasteiger partial charge in [0, 0.05) is 18.4 Å². The molecule has 1 aromatic rings. The highest BCUT2D eigenvalue weighted by Crippen LogP contribution is 2.24. The molecule has 2 N–H and O–H groups in total. The van der Waals surface area contributed by atoms with Gasteiger partial charge in [-0.15, -0.1) is 0 Å². The molecule has 0 aliphatic rings. The molecule has 1 aromatic carbocycles. The van der Waals surface area contributed by atoms with E-state index >= 15 is 0 Å². The van der Waals surface area contributed by atoms with Gasteiger partial charge in [-0.1, -0.05) is 0 Å². The van der Waals surface area contributed by atoms with Crippen LogP contribution in [0.4, 0.5) is 0 Å². The smallest absolute Gasteiger partial charge is 0.251 e. The minimum atomic E-state index is -3.50. The van der Waals surface area contributed by atoms with E-state index in [4.69, 9.17) is 4.74 Å². The van der Waals surface area contributed by atoms with E-state index in [1.165, 1.54) is 25.3 Å². The van der Waals surface area contributed by atoms with Gasteiger partial charge in [0.15, 0.2) is 9.84 Å². The lowest BCUT2D eigenvalue weighted by atomic mass is 10.1. The third kappa shape index (κ3) is 4.50. The Hall–Kier alpha value is -1.60. The lowest BCUT2D eigenvalue weighted by molar-refractivity contribution is 0.0694. The van der Waals surface area contributed by atoms with Crippen molar-refractivity contribution in [1.82, 2.24) is 5.32 Å². The maximum absolute atomic E-state index is 11.9. The largest absolute Gasteiger partial charge is 0.495 e. The van der Waals surface area contributed by atoms with Crippen LogP contribution in [0.5, 0.6) is 5.75 Å². The molecular weight excluding hydrogens is 282 g/mol. The van der Waals surface area contributed by atoms with Crippen molar-refractivity contribution in [2.24, 2.45) is 0 Å². The molecule has 20 heavy (non-hydrogen) atoms. The van der Waals surface area contributed by atoms with Gasteiger partial charge in [-0.25, -0.2) is 8.42 Å². The summed E-state index contributed by atoms with van der Waals surface area (Å²) in [7, 11) is -2.14. The molecule has 0 fully saturated rings. The predicted octanol–water partition coefficient (Wildman–Crippen LogP) is 0.599. The summed E-state index contributed by atoms with van der Waals surface area (Å²) < 4.78 is 28.3. The summed E-state index contributed by atoms with van der Waals surface area (Å²) in [6, 6.07) is 4.15. The molecule has 0 atom stereocenters. The lowest BCUT2D eigenvalue weighted by Crippen LogP contribution is -2.38. The number of sulfone groups is 1. The number of rotatable bonds is 5. The van der Waals surface area contributed by atoms with Crippen LogP contribution in [-0.4, -0.2) is 44.9 Å². The van der Waals surface area contributed by atoms with Gasteiger partial charge < -0.3 is 15.2 Å². The Bertz CT molecular complexity index is 602. The Kier molecular flexibility index (Phi) is 4.77. The number of carbonyl (C=O) groups is 1. The second-order valence-corrected chi connectivity index (χ2v) is 7.12. The van der Waals surface area contributed by atoms with Crippen LogP contribution >= 0.6 is 0 Å². The number of hydrogen-bond acceptors (Lipinski definition) is 5. The molecule has 0 aromatic heterocycles. The quantitative estimate of drug-likeness (QED) is 0.831. The first-order chi connectivity index (χ1) is 9.04. The highest BCUT2D eigenvalue weighted by atomic mass is 32.2. The van der Waals surface area contributed by atoms with Crippen molar-refractivity contribution in [2.75, 3.05) is 19.9 Å². The maximum atomic E-state index is 11.9. The molecule has 1 amide bonds. The summed E-state index contributed by atoms with van der Waals surface area (Å²) >= 11 is 0. The van der Waals surface area contributed by atoms with Crippen molar-refractivity contribution < 1.29 is 23.1 Å². The van der Waals surface area contributed by atoms with Gasteiger partial charge in [0.25, 0.3) is 5.91 Å². The van der Waals surface area contributed by atoms with Crippen molar-refractivity contribution in [3.8, 4) is 5.75 Å². The highest BCUT2D eigenvalue weighted by Gasteiger charge is 2.19. The van der Waals surface area contributed by atoms with Gasteiger partial charge in [0.1, 0.15) is 10.6 Å². The first-order valence-corrected chi connectivity index (χ1v) is 7.82. The van der Waals surface area contributed by atoms with Crippen molar-refractivity contribution in [3.05, 3.63) is 23.8 Å². The van der Waals surface area contributed by atoms with Gasteiger partial charge in [-0.3, -0.25) is 4.79 Å². The Morgan fingerprint density at radius 1 is 1.40 bits per heavy atom. The first kappa shape index (κ1) is 16.5. The zero-order valence-corrected chi connectivity index (χ0v) is 12.7. The van der Waals surface area contributed by atoms with Crippen LogP contribution in [0.25, 0.3) is 0 Å². The minimum Gasteiger partial charge on any atom is -0.495 e. The van der Waals surface area contributed by atoms with Crippen LogP contribution < -0.4 is 10.1 Å². The van der Waals surface area contributed by atoms with E-state index < -0.39 is 21.3 Å². The average Bonchev–Trinajstić information content (AvgIpc) is 2.33. The van der Waals surface area contributed by atoms with Crippen LogP contribution in [0.1, 0.15) is 24.2 Å². The molecule has 1 rings (SSSR count). The number of amides is 1. The van der Waals surface area contributed by atoms with Crippen molar-refractivity contribution in [3.63, 3.8) is 0 Å². The van der Waals surface area contributed by atoms with Gasteiger partial charge in [0.05, 0.1) is 12.7 Å². The number of carbonyl (C=O) groups excluding carboxylic acids is 1. The van der Waals surface area contributed by atoms with Crippen molar-refractivity contribution >= 4 is 15.7 Å². The number of ether oxygens (including phenoxy) is 1. The molecule has 6 nitrogen and oxygen atoms in total. The maximum Gasteiger partial charge on any atom is 0.251 e. The topological polar surface area (TPSA) is 92.7 Å². The molecule has 0 aliphatic carbocycles. The summed E-state index contributed by atoms with van der Waals surface area (Å²) in [5.41, 5.74) is -0.850. The van der Waals surface area contributed by atoms with Crippen molar-refractivity contribution in [1.29, 1.82) is 0 Å². The molecule has 0 radical (unpaired) electrons. The highest BCUT2D eigenvalue weighted by molar-refractivity contribution is 7.90. The first-order valence-electron chi connectivity index (χ1n) is 5.93. The van der Waals surface area contributed by atoms with Crippen LogP contribution in [0.3, 0.4) is 0 Å². The third-order valence-corrected chi connectivity index (χ3v) is 3.62. The van der Waals surface area contributed by atoms with Crippen LogP contribution in [-0.2, 0) is 9.84 Å². The second-order valence-electron chi connectivity index (χ2n) is 5.13. The number of nitrogens with one attached hydrogen (secondary N) is 1. The zero-order valence-electron chi connectivity index (χ0n) is 11.9. The Labute approximate surface area is 118 Å². The second kappa shape index (κ2) is 5.80. The third-order valence-electron chi connectivity index (χ3n) is 2.51. The summed E-state index contributed by atoms with van der Waals surface area (Å²) in [4.78, 5) is 11.9. The van der Waals surface area contributed by atoms with E-state index in [1.54, 1.807) is 13.8 Å². The summed E-state index contributed by atoms with van der Waals surface area (Å²) in [6.45, 7) is 3.18. The van der Waals surface area contributed by atoms with E-state index in [-0.39, 0.29) is 22.8 Å².